The Bertz CT molecular complexity index is 782. The molecule has 1 heterocycles. The third-order valence-corrected chi connectivity index (χ3v) is 3.35. The fraction of sp³-hybridized carbons (Fsp3) is 0.125. The van der Waals surface area contributed by atoms with E-state index in [1.165, 1.54) is 19.2 Å². The molecule has 0 radical (unpaired) electrons. The van der Waals surface area contributed by atoms with Crippen LogP contribution in [0, 0.1) is 10.1 Å². The number of nitro groups is 1. The highest BCUT2D eigenvalue weighted by molar-refractivity contribution is 6.17. The number of hydrogen-bond acceptors (Lipinski definition) is 5. The molecule has 0 aliphatic carbocycles. The molecule has 1 aliphatic heterocycles. The maximum absolute atomic E-state index is 11.0. The average molecular weight is 295 g/mol. The number of hydrogen-bond donors (Lipinski definition) is 0. The van der Waals surface area contributed by atoms with Crippen LogP contribution in [-0.2, 0) is 4.74 Å². The lowest BCUT2D eigenvalue weighted by Gasteiger charge is -2.08. The molecule has 0 unspecified atom stereocenters. The second-order valence-electron chi connectivity index (χ2n) is 4.70. The molecular formula is C16H13N3O3. The van der Waals surface area contributed by atoms with E-state index in [4.69, 9.17) is 4.74 Å². The van der Waals surface area contributed by atoms with Gasteiger partial charge in [-0.05, 0) is 6.07 Å². The normalized spacial score (nSPS) is 13.5. The maximum atomic E-state index is 11.0. The average Bonchev–Trinajstić information content (AvgIpc) is 2.74. The van der Waals surface area contributed by atoms with Crippen molar-refractivity contribution in [3.05, 3.63) is 69.8 Å². The van der Waals surface area contributed by atoms with Crippen LogP contribution in [0.1, 0.15) is 11.1 Å². The lowest BCUT2D eigenvalue weighted by Crippen LogP contribution is -2.07. The molecule has 0 saturated heterocycles. The van der Waals surface area contributed by atoms with Gasteiger partial charge in [-0.25, -0.2) is 4.99 Å². The summed E-state index contributed by atoms with van der Waals surface area (Å²) in [6, 6.07) is 14.1. The molecule has 0 bridgehead atoms. The Balaban J connectivity index is 2.20. The summed E-state index contributed by atoms with van der Waals surface area (Å²) in [4.78, 5) is 19.5. The zero-order chi connectivity index (χ0) is 15.5. The highest BCUT2D eigenvalue weighted by atomic mass is 16.6. The van der Waals surface area contributed by atoms with Crippen LogP contribution >= 0.6 is 0 Å². The Morgan fingerprint density at radius 2 is 1.95 bits per heavy atom. The van der Waals surface area contributed by atoms with Gasteiger partial charge in [0, 0.05) is 23.3 Å². The zero-order valence-corrected chi connectivity index (χ0v) is 11.9. The third kappa shape index (κ3) is 2.58. The fourth-order valence-electron chi connectivity index (χ4n) is 2.28. The lowest BCUT2D eigenvalue weighted by atomic mass is 10.00. The van der Waals surface area contributed by atoms with Gasteiger partial charge in [-0.3, -0.25) is 15.1 Å². The summed E-state index contributed by atoms with van der Waals surface area (Å²) in [6.45, 7) is 0.295. The summed E-state index contributed by atoms with van der Waals surface area (Å²) in [5, 5.41) is 11.0. The first-order chi connectivity index (χ1) is 10.7. The van der Waals surface area contributed by atoms with Crippen molar-refractivity contribution in [2.24, 2.45) is 9.98 Å². The largest absolute Gasteiger partial charge is 0.483 e. The van der Waals surface area contributed by atoms with E-state index in [2.05, 4.69) is 9.98 Å². The van der Waals surface area contributed by atoms with E-state index < -0.39 is 4.92 Å². The van der Waals surface area contributed by atoms with Gasteiger partial charge in [0.2, 0.25) is 5.90 Å². The number of benzene rings is 2. The van der Waals surface area contributed by atoms with Gasteiger partial charge in [0.25, 0.3) is 5.69 Å². The van der Waals surface area contributed by atoms with Crippen molar-refractivity contribution in [3.63, 3.8) is 0 Å². The van der Waals surface area contributed by atoms with Crippen molar-refractivity contribution in [2.75, 3.05) is 13.7 Å². The van der Waals surface area contributed by atoms with Crippen LogP contribution in [0.4, 0.5) is 11.4 Å². The van der Waals surface area contributed by atoms with E-state index in [1.54, 1.807) is 6.07 Å². The fourth-order valence-corrected chi connectivity index (χ4v) is 2.28. The summed E-state index contributed by atoms with van der Waals surface area (Å²) < 4.78 is 5.20. The first kappa shape index (κ1) is 13.9. The van der Waals surface area contributed by atoms with E-state index in [-0.39, 0.29) is 5.69 Å². The smallest absolute Gasteiger partial charge is 0.270 e. The number of aliphatic imine (C=N–C) groups is 2. The molecule has 0 fully saturated rings. The van der Waals surface area contributed by atoms with Gasteiger partial charge in [-0.2, -0.15) is 0 Å². The molecule has 0 saturated carbocycles. The van der Waals surface area contributed by atoms with Gasteiger partial charge in [0.05, 0.1) is 23.4 Å². The van der Waals surface area contributed by atoms with Crippen LogP contribution in [0.2, 0.25) is 0 Å². The topological polar surface area (TPSA) is 77.1 Å². The van der Waals surface area contributed by atoms with Crippen LogP contribution in [0.25, 0.3) is 0 Å². The van der Waals surface area contributed by atoms with E-state index in [1.807, 2.05) is 30.3 Å². The predicted molar refractivity (Wildman–Crippen MR) is 84.1 cm³/mol. The zero-order valence-electron chi connectivity index (χ0n) is 11.9. The molecule has 22 heavy (non-hydrogen) atoms. The SMILES string of the molecule is COC1=Nc2ccc([N+](=O)[O-])cc2C(c2ccccc2)=NC1. The molecule has 0 amide bonds. The van der Waals surface area contributed by atoms with Gasteiger partial charge < -0.3 is 4.74 Å². The highest BCUT2D eigenvalue weighted by Gasteiger charge is 2.19. The molecule has 6 heteroatoms. The van der Waals surface area contributed by atoms with Gasteiger partial charge in [-0.1, -0.05) is 30.3 Å². The summed E-state index contributed by atoms with van der Waals surface area (Å²) in [5.41, 5.74) is 2.82. The molecule has 0 spiro atoms. The van der Waals surface area contributed by atoms with Gasteiger partial charge in [-0.15, -0.1) is 0 Å². The van der Waals surface area contributed by atoms with Crippen LogP contribution in [-0.4, -0.2) is 30.2 Å². The van der Waals surface area contributed by atoms with Gasteiger partial charge >= 0.3 is 0 Å². The Hall–Kier alpha value is -3.02. The van der Waals surface area contributed by atoms with Crippen molar-refractivity contribution in [1.82, 2.24) is 0 Å². The number of nitrogens with zero attached hydrogens (tertiary/aromatic N) is 3. The predicted octanol–water partition coefficient (Wildman–Crippen LogP) is 3.12. The summed E-state index contributed by atoms with van der Waals surface area (Å²) in [5.74, 6) is 0.473. The second-order valence-corrected chi connectivity index (χ2v) is 4.70. The number of rotatable bonds is 2. The van der Waals surface area contributed by atoms with Crippen LogP contribution in [0.15, 0.2) is 58.5 Å². The standard InChI is InChI=1S/C16H13N3O3/c1-22-15-10-17-16(11-5-3-2-4-6-11)13-9-12(19(20)21)7-8-14(13)18-15/h2-9H,10H2,1H3. The number of non-ortho nitro benzene ring substituents is 1. The second kappa shape index (κ2) is 5.77. The van der Waals surface area contributed by atoms with Gasteiger partial charge in [0.15, 0.2) is 0 Å². The third-order valence-electron chi connectivity index (χ3n) is 3.35. The molecule has 0 N–H and O–H groups in total. The quantitative estimate of drug-likeness (QED) is 0.631. The molecule has 110 valence electrons. The lowest BCUT2D eigenvalue weighted by molar-refractivity contribution is -0.384. The first-order valence-electron chi connectivity index (χ1n) is 6.69. The number of ether oxygens (including phenoxy) is 1. The maximum Gasteiger partial charge on any atom is 0.270 e. The Morgan fingerprint density at radius 1 is 1.18 bits per heavy atom. The van der Waals surface area contributed by atoms with Crippen LogP contribution in [0.5, 0.6) is 0 Å². The number of fused-ring (bicyclic) bond motifs is 1. The summed E-state index contributed by atoms with van der Waals surface area (Å²) >= 11 is 0. The molecule has 6 nitrogen and oxygen atoms in total. The van der Waals surface area contributed by atoms with Crippen molar-refractivity contribution >= 4 is 23.0 Å². The Morgan fingerprint density at radius 3 is 2.64 bits per heavy atom. The van der Waals surface area contributed by atoms with E-state index in [0.717, 1.165) is 5.56 Å². The molecule has 2 aromatic rings. The van der Waals surface area contributed by atoms with Crippen molar-refractivity contribution in [2.45, 2.75) is 0 Å². The molecule has 0 atom stereocenters. The van der Waals surface area contributed by atoms with Gasteiger partial charge in [0.1, 0.15) is 6.54 Å². The van der Waals surface area contributed by atoms with E-state index >= 15 is 0 Å². The van der Waals surface area contributed by atoms with Crippen LogP contribution in [0.3, 0.4) is 0 Å². The minimum Gasteiger partial charge on any atom is -0.483 e. The number of methoxy groups -OCH3 is 1. The molecule has 3 rings (SSSR count). The van der Waals surface area contributed by atoms with Crippen molar-refractivity contribution in [3.8, 4) is 0 Å². The minimum atomic E-state index is -0.422. The van der Waals surface area contributed by atoms with Crippen molar-refractivity contribution < 1.29 is 9.66 Å². The molecule has 1 aliphatic rings. The number of nitro benzene ring substituents is 1. The molecule has 0 aromatic heterocycles. The summed E-state index contributed by atoms with van der Waals surface area (Å²) in [7, 11) is 1.53. The van der Waals surface area contributed by atoms with E-state index in [9.17, 15) is 10.1 Å². The first-order valence-corrected chi connectivity index (χ1v) is 6.69. The molecular weight excluding hydrogens is 282 g/mol. The Kier molecular flexibility index (Phi) is 3.65. The monoisotopic (exact) mass is 295 g/mol. The Labute approximate surface area is 126 Å². The highest BCUT2D eigenvalue weighted by Crippen LogP contribution is 2.29. The minimum absolute atomic E-state index is 0.0125. The van der Waals surface area contributed by atoms with Crippen molar-refractivity contribution in [1.29, 1.82) is 0 Å². The van der Waals surface area contributed by atoms with Crippen LogP contribution < -0.4 is 0 Å². The molecule has 2 aromatic carbocycles. The van der Waals surface area contributed by atoms with E-state index in [0.29, 0.717) is 29.4 Å². The summed E-state index contributed by atoms with van der Waals surface area (Å²) in [6.07, 6.45) is 0.